The number of hydrogen-bond acceptors (Lipinski definition) is 1. The lowest BCUT2D eigenvalue weighted by Gasteiger charge is -2.16. The van der Waals surface area contributed by atoms with Crippen LogP contribution in [0.3, 0.4) is 0 Å². The summed E-state index contributed by atoms with van der Waals surface area (Å²) in [5.41, 5.74) is 4.83. The van der Waals surface area contributed by atoms with Gasteiger partial charge in [0.05, 0.1) is 5.45 Å². The zero-order valence-corrected chi connectivity index (χ0v) is 9.35. The van der Waals surface area contributed by atoms with Gasteiger partial charge in [0.25, 0.3) is 0 Å². The number of nitrogens with zero attached hydrogens (tertiary/aromatic N) is 1. The van der Waals surface area contributed by atoms with Gasteiger partial charge in [0, 0.05) is 12.7 Å². The molecule has 1 aromatic rings. The van der Waals surface area contributed by atoms with Gasteiger partial charge in [-0.2, -0.15) is 0 Å². The van der Waals surface area contributed by atoms with Gasteiger partial charge < -0.3 is 4.90 Å². The molecule has 66 valence electrons. The van der Waals surface area contributed by atoms with Crippen LogP contribution in [0.4, 0.5) is 5.69 Å². The zero-order chi connectivity index (χ0) is 9.14. The summed E-state index contributed by atoms with van der Waals surface area (Å²) in [7, 11) is 2.07. The Balaban J connectivity index is 2.96. The molecule has 0 amide bonds. The summed E-state index contributed by atoms with van der Waals surface area (Å²) in [5, 5.41) is 0. The van der Waals surface area contributed by atoms with Gasteiger partial charge in [-0.1, -0.05) is 22.0 Å². The molecule has 2 heteroatoms. The van der Waals surface area contributed by atoms with Crippen molar-refractivity contribution in [3.8, 4) is 0 Å². The molecule has 1 rings (SSSR count). The number of rotatable bonds is 2. The fourth-order valence-electron chi connectivity index (χ4n) is 1.03. The topological polar surface area (TPSA) is 3.24 Å². The summed E-state index contributed by atoms with van der Waals surface area (Å²) in [6.45, 7) is 4.27. The van der Waals surface area contributed by atoms with E-state index in [1.807, 2.05) is 0 Å². The maximum absolute atomic E-state index is 3.42. The largest absolute Gasteiger partial charge is 0.365 e. The first-order chi connectivity index (χ1) is 5.65. The minimum absolute atomic E-state index is 0.871. The van der Waals surface area contributed by atoms with Crippen molar-refractivity contribution < 1.29 is 0 Å². The Hall–Kier alpha value is -0.500. The van der Waals surface area contributed by atoms with E-state index in [0.29, 0.717) is 0 Å². The van der Waals surface area contributed by atoms with Crippen LogP contribution in [0.25, 0.3) is 0 Å². The van der Waals surface area contributed by atoms with Crippen LogP contribution in [-0.4, -0.2) is 12.5 Å². The van der Waals surface area contributed by atoms with Gasteiger partial charge >= 0.3 is 0 Å². The molecule has 0 bridgehead atoms. The van der Waals surface area contributed by atoms with E-state index in [1.54, 1.807) is 0 Å². The van der Waals surface area contributed by atoms with Crippen LogP contribution in [-0.2, 0) is 0 Å². The van der Waals surface area contributed by atoms with Crippen molar-refractivity contribution in [1.82, 2.24) is 0 Å². The summed E-state index contributed by atoms with van der Waals surface area (Å²) in [6.07, 6.45) is 0. The second-order valence-corrected chi connectivity index (χ2v) is 3.59. The van der Waals surface area contributed by atoms with E-state index in [4.69, 9.17) is 0 Å². The van der Waals surface area contributed by atoms with Crippen molar-refractivity contribution in [2.75, 3.05) is 17.4 Å². The van der Waals surface area contributed by atoms with Crippen molar-refractivity contribution in [1.29, 1.82) is 0 Å². The van der Waals surface area contributed by atoms with Crippen molar-refractivity contribution in [3.05, 3.63) is 29.3 Å². The number of hydrogen-bond donors (Lipinski definition) is 0. The van der Waals surface area contributed by atoms with E-state index in [-0.39, 0.29) is 0 Å². The van der Waals surface area contributed by atoms with Crippen molar-refractivity contribution in [2.24, 2.45) is 0 Å². The lowest BCUT2D eigenvalue weighted by Crippen LogP contribution is -2.13. The third-order valence-electron chi connectivity index (χ3n) is 2.11. The van der Waals surface area contributed by atoms with Gasteiger partial charge in [-0.15, -0.1) is 0 Å². The van der Waals surface area contributed by atoms with E-state index in [0.717, 1.165) is 5.45 Å². The quantitative estimate of drug-likeness (QED) is 0.555. The molecular formula is C10H14BrN. The van der Waals surface area contributed by atoms with Crippen molar-refractivity contribution >= 4 is 21.6 Å². The van der Waals surface area contributed by atoms with E-state index >= 15 is 0 Å². The lowest BCUT2D eigenvalue weighted by atomic mass is 10.1. The first-order valence-electron chi connectivity index (χ1n) is 3.99. The highest BCUT2D eigenvalue weighted by atomic mass is 79.9. The smallest absolute Gasteiger partial charge is 0.0732 e. The molecule has 0 aliphatic rings. The molecule has 0 atom stereocenters. The predicted octanol–water partition coefficient (Wildman–Crippen LogP) is 3.09. The predicted molar refractivity (Wildman–Crippen MR) is 58.1 cm³/mol. The Morgan fingerprint density at radius 3 is 2.42 bits per heavy atom. The maximum atomic E-state index is 3.42. The number of aryl methyl sites for hydroxylation is 2. The fourth-order valence-corrected chi connectivity index (χ4v) is 1.32. The highest BCUT2D eigenvalue weighted by Crippen LogP contribution is 2.17. The summed E-state index contributed by atoms with van der Waals surface area (Å²) in [5.74, 6) is 0. The third kappa shape index (κ3) is 2.01. The minimum Gasteiger partial charge on any atom is -0.365 e. The summed E-state index contributed by atoms with van der Waals surface area (Å²) in [4.78, 5) is 2.16. The standard InChI is InChI=1S/C10H14BrN/c1-8-4-5-10(6-9(8)2)12(3)7-11/h4-6H,7H2,1-3H3. The zero-order valence-electron chi connectivity index (χ0n) is 7.76. The molecule has 0 saturated heterocycles. The molecule has 0 spiro atoms. The third-order valence-corrected chi connectivity index (χ3v) is 2.86. The average Bonchev–Trinajstić information content (AvgIpc) is 2.08. The van der Waals surface area contributed by atoms with Crippen LogP contribution in [0.15, 0.2) is 18.2 Å². The molecular weight excluding hydrogens is 214 g/mol. The monoisotopic (exact) mass is 227 g/mol. The molecule has 12 heavy (non-hydrogen) atoms. The first kappa shape index (κ1) is 9.59. The average molecular weight is 228 g/mol. The van der Waals surface area contributed by atoms with Crippen LogP contribution >= 0.6 is 15.9 Å². The molecule has 0 unspecified atom stereocenters. The molecule has 0 heterocycles. The molecule has 0 fully saturated rings. The first-order valence-corrected chi connectivity index (χ1v) is 5.11. The van der Waals surface area contributed by atoms with E-state index in [2.05, 4.69) is 59.9 Å². The summed E-state index contributed by atoms with van der Waals surface area (Å²) in [6, 6.07) is 6.50. The SMILES string of the molecule is Cc1ccc(N(C)CBr)cc1C. The maximum Gasteiger partial charge on any atom is 0.0732 e. The number of benzene rings is 1. The van der Waals surface area contributed by atoms with E-state index in [1.165, 1.54) is 16.8 Å². The molecule has 0 aromatic heterocycles. The molecule has 1 aromatic carbocycles. The number of halogens is 1. The molecule has 0 aliphatic heterocycles. The van der Waals surface area contributed by atoms with Crippen LogP contribution in [0.2, 0.25) is 0 Å². The van der Waals surface area contributed by atoms with Gasteiger partial charge in [-0.25, -0.2) is 0 Å². The van der Waals surface area contributed by atoms with Gasteiger partial charge in [0.1, 0.15) is 0 Å². The Kier molecular flexibility index (Phi) is 3.15. The van der Waals surface area contributed by atoms with Gasteiger partial charge in [0.15, 0.2) is 0 Å². The summed E-state index contributed by atoms with van der Waals surface area (Å²) >= 11 is 3.42. The normalized spacial score (nSPS) is 10.0. The molecule has 0 saturated carbocycles. The lowest BCUT2D eigenvalue weighted by molar-refractivity contribution is 1.10. The van der Waals surface area contributed by atoms with Crippen LogP contribution in [0.1, 0.15) is 11.1 Å². The second-order valence-electron chi connectivity index (χ2n) is 3.09. The number of anilines is 1. The van der Waals surface area contributed by atoms with Gasteiger partial charge in [-0.3, -0.25) is 0 Å². The highest BCUT2D eigenvalue weighted by molar-refractivity contribution is 9.09. The minimum atomic E-state index is 0.871. The molecule has 1 nitrogen and oxygen atoms in total. The Labute approximate surface area is 82.5 Å². The Morgan fingerprint density at radius 1 is 1.25 bits per heavy atom. The fraction of sp³-hybridized carbons (Fsp3) is 0.400. The Bertz CT molecular complexity index is 271. The van der Waals surface area contributed by atoms with Gasteiger partial charge in [0.2, 0.25) is 0 Å². The van der Waals surface area contributed by atoms with Gasteiger partial charge in [-0.05, 0) is 37.1 Å². The molecule has 0 aliphatic carbocycles. The Morgan fingerprint density at radius 2 is 1.92 bits per heavy atom. The van der Waals surface area contributed by atoms with Crippen molar-refractivity contribution in [2.45, 2.75) is 13.8 Å². The number of alkyl halides is 1. The van der Waals surface area contributed by atoms with Crippen LogP contribution < -0.4 is 4.90 Å². The van der Waals surface area contributed by atoms with E-state index < -0.39 is 0 Å². The molecule has 0 N–H and O–H groups in total. The van der Waals surface area contributed by atoms with Crippen molar-refractivity contribution in [3.63, 3.8) is 0 Å². The van der Waals surface area contributed by atoms with E-state index in [9.17, 15) is 0 Å². The highest BCUT2D eigenvalue weighted by Gasteiger charge is 1.99. The van der Waals surface area contributed by atoms with Crippen LogP contribution in [0.5, 0.6) is 0 Å². The summed E-state index contributed by atoms with van der Waals surface area (Å²) < 4.78 is 0. The van der Waals surface area contributed by atoms with Crippen LogP contribution in [0, 0.1) is 13.8 Å². The second kappa shape index (κ2) is 3.94. The molecule has 0 radical (unpaired) electrons.